The quantitative estimate of drug-likeness (QED) is 0.776. The number of rotatable bonds is 5. The molecule has 0 saturated heterocycles. The van der Waals surface area contributed by atoms with Gasteiger partial charge in [0.05, 0.1) is 12.6 Å². The predicted molar refractivity (Wildman–Crippen MR) is 83.8 cm³/mol. The van der Waals surface area contributed by atoms with Gasteiger partial charge in [-0.25, -0.2) is 0 Å². The van der Waals surface area contributed by atoms with Crippen LogP contribution in [0.4, 0.5) is 0 Å². The fourth-order valence-corrected chi connectivity index (χ4v) is 2.52. The van der Waals surface area contributed by atoms with E-state index in [4.69, 9.17) is 4.74 Å². The summed E-state index contributed by atoms with van der Waals surface area (Å²) in [6.07, 6.45) is 0.911. The van der Waals surface area contributed by atoms with Crippen LogP contribution in [0.5, 0.6) is 5.75 Å². The fraction of sp³-hybridized carbons (Fsp3) is 0.500. The Labute approximate surface area is 130 Å². The fourth-order valence-electron chi connectivity index (χ4n) is 2.52. The smallest absolute Gasteiger partial charge is 0.309 e. The second kappa shape index (κ2) is 7.26. The van der Waals surface area contributed by atoms with Crippen LogP contribution in [0.2, 0.25) is 0 Å². The SMILES string of the molecule is CCNC(=O)C(=O)NCC(c1ccc2c(c1)CCO2)N(C)C. The van der Waals surface area contributed by atoms with Crippen molar-refractivity contribution in [1.29, 1.82) is 0 Å². The van der Waals surface area contributed by atoms with Crippen LogP contribution in [0.25, 0.3) is 0 Å². The van der Waals surface area contributed by atoms with Crippen molar-refractivity contribution in [2.24, 2.45) is 0 Å². The van der Waals surface area contributed by atoms with E-state index in [9.17, 15) is 9.59 Å². The van der Waals surface area contributed by atoms with E-state index in [1.165, 1.54) is 5.56 Å². The molecule has 0 bridgehead atoms. The van der Waals surface area contributed by atoms with Gasteiger partial charge >= 0.3 is 11.8 Å². The van der Waals surface area contributed by atoms with Gasteiger partial charge in [-0.05, 0) is 38.2 Å². The summed E-state index contributed by atoms with van der Waals surface area (Å²) in [6, 6.07) is 6.10. The third-order valence-electron chi connectivity index (χ3n) is 3.72. The molecule has 0 fully saturated rings. The predicted octanol–water partition coefficient (Wildman–Crippen LogP) is 0.477. The minimum atomic E-state index is -0.599. The molecule has 1 aromatic carbocycles. The summed E-state index contributed by atoms with van der Waals surface area (Å²) in [7, 11) is 3.90. The number of hydrogen-bond acceptors (Lipinski definition) is 4. The first-order valence-corrected chi connectivity index (χ1v) is 7.51. The second-order valence-corrected chi connectivity index (χ2v) is 5.51. The number of hydrogen-bond donors (Lipinski definition) is 2. The Bertz CT molecular complexity index is 558. The maximum absolute atomic E-state index is 11.7. The Hall–Kier alpha value is -2.08. The van der Waals surface area contributed by atoms with Crippen molar-refractivity contribution in [1.82, 2.24) is 15.5 Å². The van der Waals surface area contributed by atoms with Gasteiger partial charge in [0.15, 0.2) is 0 Å². The van der Waals surface area contributed by atoms with E-state index in [0.29, 0.717) is 13.1 Å². The first kappa shape index (κ1) is 16.3. The highest BCUT2D eigenvalue weighted by atomic mass is 16.5. The van der Waals surface area contributed by atoms with Gasteiger partial charge in [0, 0.05) is 19.5 Å². The molecule has 0 spiro atoms. The Morgan fingerprint density at radius 2 is 2.00 bits per heavy atom. The molecule has 1 unspecified atom stereocenters. The topological polar surface area (TPSA) is 70.7 Å². The molecule has 2 N–H and O–H groups in total. The van der Waals surface area contributed by atoms with E-state index < -0.39 is 11.8 Å². The van der Waals surface area contributed by atoms with Crippen LogP contribution in [0.3, 0.4) is 0 Å². The van der Waals surface area contributed by atoms with Gasteiger partial charge in [-0.15, -0.1) is 0 Å². The average molecular weight is 305 g/mol. The van der Waals surface area contributed by atoms with Crippen LogP contribution < -0.4 is 15.4 Å². The second-order valence-electron chi connectivity index (χ2n) is 5.51. The monoisotopic (exact) mass is 305 g/mol. The molecule has 6 nitrogen and oxygen atoms in total. The zero-order chi connectivity index (χ0) is 16.1. The van der Waals surface area contributed by atoms with Crippen LogP contribution >= 0.6 is 0 Å². The van der Waals surface area contributed by atoms with Crippen molar-refractivity contribution in [2.75, 3.05) is 33.8 Å². The standard InChI is InChI=1S/C16H23N3O3/c1-4-17-15(20)16(21)18-10-13(19(2)3)11-5-6-14-12(9-11)7-8-22-14/h5-6,9,13H,4,7-8,10H2,1-3H3,(H,17,20)(H,18,21). The number of fused-ring (bicyclic) bond motifs is 1. The van der Waals surface area contributed by atoms with Gasteiger partial charge in [0.1, 0.15) is 5.75 Å². The number of likely N-dealkylation sites (N-methyl/N-ethyl adjacent to an activating group) is 2. The van der Waals surface area contributed by atoms with Gasteiger partial charge in [-0.3, -0.25) is 9.59 Å². The Morgan fingerprint density at radius 1 is 1.27 bits per heavy atom. The summed E-state index contributed by atoms with van der Waals surface area (Å²) >= 11 is 0. The zero-order valence-electron chi connectivity index (χ0n) is 13.3. The first-order valence-electron chi connectivity index (χ1n) is 7.51. The Balaban J connectivity index is 2.04. The van der Waals surface area contributed by atoms with Gasteiger partial charge in [-0.1, -0.05) is 12.1 Å². The maximum atomic E-state index is 11.7. The van der Waals surface area contributed by atoms with Crippen molar-refractivity contribution in [3.05, 3.63) is 29.3 Å². The molecule has 120 valence electrons. The van der Waals surface area contributed by atoms with Crippen molar-refractivity contribution < 1.29 is 14.3 Å². The molecule has 22 heavy (non-hydrogen) atoms. The molecule has 1 heterocycles. The van der Waals surface area contributed by atoms with Gasteiger partial charge < -0.3 is 20.3 Å². The number of ether oxygens (including phenoxy) is 1. The summed E-state index contributed by atoms with van der Waals surface area (Å²) in [5, 5.41) is 5.18. The maximum Gasteiger partial charge on any atom is 0.309 e. The van der Waals surface area contributed by atoms with Crippen molar-refractivity contribution in [3.63, 3.8) is 0 Å². The summed E-state index contributed by atoms with van der Waals surface area (Å²) < 4.78 is 5.51. The van der Waals surface area contributed by atoms with E-state index in [1.807, 2.05) is 31.1 Å². The van der Waals surface area contributed by atoms with E-state index in [0.717, 1.165) is 24.3 Å². The molecule has 6 heteroatoms. The van der Waals surface area contributed by atoms with Crippen LogP contribution in [-0.2, 0) is 16.0 Å². The van der Waals surface area contributed by atoms with E-state index in [2.05, 4.69) is 16.7 Å². The molecule has 0 aliphatic carbocycles. The van der Waals surface area contributed by atoms with Gasteiger partial charge in [0.25, 0.3) is 0 Å². The number of benzene rings is 1. The highest BCUT2D eigenvalue weighted by molar-refractivity contribution is 6.35. The summed E-state index contributed by atoms with van der Waals surface area (Å²) in [5.41, 5.74) is 2.30. The lowest BCUT2D eigenvalue weighted by molar-refractivity contribution is -0.139. The Kier molecular flexibility index (Phi) is 5.38. The summed E-state index contributed by atoms with van der Waals surface area (Å²) in [5.74, 6) is -0.256. The lowest BCUT2D eigenvalue weighted by Gasteiger charge is -2.25. The number of nitrogens with one attached hydrogen (secondary N) is 2. The number of amides is 2. The van der Waals surface area contributed by atoms with Gasteiger partial charge in [0.2, 0.25) is 0 Å². The van der Waals surface area contributed by atoms with Gasteiger partial charge in [-0.2, -0.15) is 0 Å². The number of carbonyl (C=O) groups is 2. The first-order chi connectivity index (χ1) is 10.5. The van der Waals surface area contributed by atoms with Crippen molar-refractivity contribution in [2.45, 2.75) is 19.4 Å². The molecule has 2 amide bonds. The molecule has 1 aromatic rings. The molecule has 1 aliphatic heterocycles. The lowest BCUT2D eigenvalue weighted by atomic mass is 10.0. The zero-order valence-corrected chi connectivity index (χ0v) is 13.3. The third kappa shape index (κ3) is 3.76. The van der Waals surface area contributed by atoms with Crippen molar-refractivity contribution >= 4 is 11.8 Å². The molecular formula is C16H23N3O3. The number of nitrogens with zero attached hydrogens (tertiary/aromatic N) is 1. The van der Waals surface area contributed by atoms with E-state index >= 15 is 0 Å². The summed E-state index contributed by atoms with van der Waals surface area (Å²) in [4.78, 5) is 25.2. The molecular weight excluding hydrogens is 282 g/mol. The highest BCUT2D eigenvalue weighted by Crippen LogP contribution is 2.29. The summed E-state index contributed by atoms with van der Waals surface area (Å²) in [6.45, 7) is 3.32. The molecule has 2 rings (SSSR count). The Morgan fingerprint density at radius 3 is 2.68 bits per heavy atom. The number of carbonyl (C=O) groups excluding carboxylic acids is 2. The molecule has 0 radical (unpaired) electrons. The normalized spacial score (nSPS) is 14.2. The molecule has 0 saturated carbocycles. The van der Waals surface area contributed by atoms with Crippen LogP contribution in [0, 0.1) is 0 Å². The minimum Gasteiger partial charge on any atom is -0.493 e. The van der Waals surface area contributed by atoms with Crippen LogP contribution in [0.15, 0.2) is 18.2 Å². The van der Waals surface area contributed by atoms with Crippen LogP contribution in [-0.4, -0.2) is 50.5 Å². The molecule has 1 atom stereocenters. The average Bonchev–Trinajstić information content (AvgIpc) is 2.94. The molecule has 0 aromatic heterocycles. The largest absolute Gasteiger partial charge is 0.493 e. The molecule has 1 aliphatic rings. The van der Waals surface area contributed by atoms with E-state index in [-0.39, 0.29) is 6.04 Å². The van der Waals surface area contributed by atoms with Crippen LogP contribution in [0.1, 0.15) is 24.1 Å². The van der Waals surface area contributed by atoms with Crippen molar-refractivity contribution in [3.8, 4) is 5.75 Å². The lowest BCUT2D eigenvalue weighted by Crippen LogP contribution is -2.43. The van der Waals surface area contributed by atoms with E-state index in [1.54, 1.807) is 6.92 Å². The highest BCUT2D eigenvalue weighted by Gasteiger charge is 2.20. The minimum absolute atomic E-state index is 0.00396. The third-order valence-corrected chi connectivity index (χ3v) is 3.72.